The van der Waals surface area contributed by atoms with Crippen molar-refractivity contribution in [3.8, 4) is 10.6 Å². The van der Waals surface area contributed by atoms with Gasteiger partial charge in [-0.1, -0.05) is 11.6 Å². The average molecular weight is 384 g/mol. The first-order valence-electron chi connectivity index (χ1n) is 7.86. The molecule has 4 aromatic rings. The molecule has 26 heavy (non-hydrogen) atoms. The maximum absolute atomic E-state index is 12.5. The number of fused-ring (bicyclic) bond motifs is 1. The zero-order valence-electron chi connectivity index (χ0n) is 13.8. The Bertz CT molecular complexity index is 1090. The molecule has 0 unspecified atom stereocenters. The minimum Gasteiger partial charge on any atom is -0.345 e. The van der Waals surface area contributed by atoms with Gasteiger partial charge in [-0.2, -0.15) is 0 Å². The Morgan fingerprint density at radius 1 is 1.23 bits per heavy atom. The lowest BCUT2D eigenvalue weighted by molar-refractivity contribution is 0.0937. The van der Waals surface area contributed by atoms with E-state index in [0.29, 0.717) is 17.4 Å². The van der Waals surface area contributed by atoms with Crippen LogP contribution in [0, 0.1) is 0 Å². The van der Waals surface area contributed by atoms with Crippen LogP contribution in [0.25, 0.3) is 20.8 Å². The minimum atomic E-state index is -0.229. The van der Waals surface area contributed by atoms with E-state index in [1.807, 2.05) is 25.2 Å². The normalized spacial score (nSPS) is 11.0. The van der Waals surface area contributed by atoms with Gasteiger partial charge in [-0.25, -0.2) is 4.98 Å². The number of nitrogens with one attached hydrogen (secondary N) is 1. The molecule has 0 saturated carbocycles. The third-order valence-corrected chi connectivity index (χ3v) is 5.62. The van der Waals surface area contributed by atoms with Crippen molar-refractivity contribution >= 4 is 39.1 Å². The van der Waals surface area contributed by atoms with Crippen LogP contribution in [0.2, 0.25) is 5.02 Å². The number of hydrogen-bond donors (Lipinski definition) is 1. The van der Waals surface area contributed by atoms with Gasteiger partial charge in [0.2, 0.25) is 0 Å². The third-order valence-electron chi connectivity index (χ3n) is 4.01. The smallest absolute Gasteiger partial charge is 0.287 e. The van der Waals surface area contributed by atoms with Crippen molar-refractivity contribution in [1.29, 1.82) is 0 Å². The molecule has 6 nitrogen and oxygen atoms in total. The summed E-state index contributed by atoms with van der Waals surface area (Å²) in [6.07, 6.45) is 6.77. The number of thiophene rings is 1. The van der Waals surface area contributed by atoms with Gasteiger partial charge in [-0.15, -0.1) is 11.3 Å². The Hall–Kier alpha value is -2.77. The van der Waals surface area contributed by atoms with Gasteiger partial charge in [0.15, 0.2) is 5.82 Å². The average Bonchev–Trinajstić information content (AvgIpc) is 3.25. The quantitative estimate of drug-likeness (QED) is 0.583. The molecule has 8 heteroatoms. The second kappa shape index (κ2) is 6.86. The maximum atomic E-state index is 12.5. The Kier molecular flexibility index (Phi) is 4.40. The van der Waals surface area contributed by atoms with Gasteiger partial charge in [0.25, 0.3) is 5.91 Å². The molecule has 130 valence electrons. The number of nitrogens with zero attached hydrogens (tertiary/aromatic N) is 4. The van der Waals surface area contributed by atoms with E-state index in [0.717, 1.165) is 26.4 Å². The number of rotatable bonds is 4. The third kappa shape index (κ3) is 3.07. The Morgan fingerprint density at radius 2 is 2.04 bits per heavy atom. The summed E-state index contributed by atoms with van der Waals surface area (Å²) in [7, 11) is 1.82. The summed E-state index contributed by atoms with van der Waals surface area (Å²) in [5, 5.41) is 3.55. The number of aromatic nitrogens is 4. The molecular weight excluding hydrogens is 370 g/mol. The van der Waals surface area contributed by atoms with Crippen LogP contribution in [-0.4, -0.2) is 25.4 Å². The number of imidazole rings is 1. The molecule has 0 aliphatic carbocycles. The highest BCUT2D eigenvalue weighted by Gasteiger charge is 2.17. The van der Waals surface area contributed by atoms with Crippen molar-refractivity contribution < 1.29 is 4.79 Å². The topological polar surface area (TPSA) is 72.7 Å². The van der Waals surface area contributed by atoms with Crippen LogP contribution in [0.15, 0.2) is 49.1 Å². The summed E-state index contributed by atoms with van der Waals surface area (Å²) < 4.78 is 2.70. The lowest BCUT2D eigenvalue weighted by atomic mass is 10.3. The van der Waals surface area contributed by atoms with Crippen molar-refractivity contribution in [2.24, 2.45) is 7.05 Å². The molecule has 0 aliphatic rings. The number of pyridine rings is 2. The van der Waals surface area contributed by atoms with Crippen LogP contribution < -0.4 is 5.32 Å². The molecule has 0 fully saturated rings. The molecule has 0 saturated heterocycles. The highest BCUT2D eigenvalue weighted by molar-refractivity contribution is 7.22. The summed E-state index contributed by atoms with van der Waals surface area (Å²) >= 11 is 7.76. The fourth-order valence-electron chi connectivity index (χ4n) is 2.64. The highest BCUT2D eigenvalue weighted by atomic mass is 35.5. The molecule has 0 aromatic carbocycles. The van der Waals surface area contributed by atoms with Crippen molar-refractivity contribution in [2.45, 2.75) is 6.54 Å². The number of amides is 1. The van der Waals surface area contributed by atoms with Crippen molar-refractivity contribution in [3.63, 3.8) is 0 Å². The molecule has 4 rings (SSSR count). The first-order valence-corrected chi connectivity index (χ1v) is 9.06. The number of hydrogen-bond acceptors (Lipinski definition) is 5. The lowest BCUT2D eigenvalue weighted by Crippen LogP contribution is -2.25. The Morgan fingerprint density at radius 3 is 2.81 bits per heavy atom. The van der Waals surface area contributed by atoms with E-state index in [1.54, 1.807) is 35.4 Å². The molecule has 0 bridgehead atoms. The van der Waals surface area contributed by atoms with Crippen molar-refractivity contribution in [3.05, 3.63) is 65.5 Å². The van der Waals surface area contributed by atoms with E-state index in [1.165, 1.54) is 11.3 Å². The highest BCUT2D eigenvalue weighted by Crippen LogP contribution is 2.36. The van der Waals surface area contributed by atoms with E-state index in [-0.39, 0.29) is 5.91 Å². The molecule has 4 aromatic heterocycles. The molecule has 0 atom stereocenters. The van der Waals surface area contributed by atoms with Crippen LogP contribution in [0.5, 0.6) is 0 Å². The van der Waals surface area contributed by atoms with Gasteiger partial charge in [0.05, 0.1) is 32.0 Å². The zero-order chi connectivity index (χ0) is 18.1. The first-order chi connectivity index (χ1) is 12.6. The van der Waals surface area contributed by atoms with Crippen LogP contribution in [0.4, 0.5) is 0 Å². The van der Waals surface area contributed by atoms with Gasteiger partial charge in [-0.05, 0) is 29.8 Å². The van der Waals surface area contributed by atoms with Crippen LogP contribution in [-0.2, 0) is 13.6 Å². The fraction of sp³-hybridized carbons (Fsp3) is 0.111. The Balaban J connectivity index is 1.59. The predicted octanol–water partition coefficient (Wildman–Crippen LogP) is 3.68. The largest absolute Gasteiger partial charge is 0.345 e. The van der Waals surface area contributed by atoms with E-state index in [9.17, 15) is 4.79 Å². The summed E-state index contributed by atoms with van der Waals surface area (Å²) in [6.45, 7) is 0.423. The minimum absolute atomic E-state index is 0.229. The summed E-state index contributed by atoms with van der Waals surface area (Å²) in [5.41, 5.74) is 2.66. The number of halogens is 1. The molecule has 1 amide bonds. The van der Waals surface area contributed by atoms with Crippen molar-refractivity contribution in [2.75, 3.05) is 0 Å². The molecule has 0 radical (unpaired) electrons. The SMILES string of the molecule is Cn1c(-c2cc3nccc(Cl)c3s2)cnc1C(=O)NCc1ccncc1. The second-order valence-electron chi connectivity index (χ2n) is 5.68. The van der Waals surface area contributed by atoms with Gasteiger partial charge in [-0.3, -0.25) is 14.8 Å². The summed E-state index contributed by atoms with van der Waals surface area (Å²) in [5.74, 6) is 0.124. The fourth-order valence-corrected chi connectivity index (χ4v) is 3.98. The maximum Gasteiger partial charge on any atom is 0.287 e. The van der Waals surface area contributed by atoms with Crippen molar-refractivity contribution in [1.82, 2.24) is 24.8 Å². The van der Waals surface area contributed by atoms with Crippen LogP contribution in [0.1, 0.15) is 16.2 Å². The molecule has 0 spiro atoms. The van der Waals surface area contributed by atoms with Gasteiger partial charge >= 0.3 is 0 Å². The predicted molar refractivity (Wildman–Crippen MR) is 102 cm³/mol. The summed E-state index contributed by atoms with van der Waals surface area (Å²) in [4.78, 5) is 26.0. The molecular formula is C18H14ClN5OS. The van der Waals surface area contributed by atoms with Gasteiger partial charge in [0.1, 0.15) is 0 Å². The van der Waals surface area contributed by atoms with E-state index < -0.39 is 0 Å². The summed E-state index contributed by atoms with van der Waals surface area (Å²) in [6, 6.07) is 7.45. The lowest BCUT2D eigenvalue weighted by Gasteiger charge is -2.06. The molecule has 4 heterocycles. The zero-order valence-corrected chi connectivity index (χ0v) is 15.4. The number of carbonyl (C=O) groups excluding carboxylic acids is 1. The van der Waals surface area contributed by atoms with Crippen LogP contribution >= 0.6 is 22.9 Å². The Labute approximate surface area is 158 Å². The van der Waals surface area contributed by atoms with E-state index in [4.69, 9.17) is 11.6 Å². The number of carbonyl (C=O) groups is 1. The monoisotopic (exact) mass is 383 g/mol. The van der Waals surface area contributed by atoms with Crippen LogP contribution in [0.3, 0.4) is 0 Å². The molecule has 1 N–H and O–H groups in total. The van der Waals surface area contributed by atoms with Gasteiger partial charge < -0.3 is 9.88 Å². The van der Waals surface area contributed by atoms with E-state index in [2.05, 4.69) is 20.3 Å². The second-order valence-corrected chi connectivity index (χ2v) is 7.14. The standard InChI is InChI=1S/C18H14ClN5OS/c1-24-14(15-8-13-16(26-15)12(19)4-7-21-13)10-22-17(24)18(25)23-9-11-2-5-20-6-3-11/h2-8,10H,9H2,1H3,(H,23,25). The van der Waals surface area contributed by atoms with E-state index >= 15 is 0 Å². The van der Waals surface area contributed by atoms with Gasteiger partial charge in [0, 0.05) is 32.2 Å². The molecule has 0 aliphatic heterocycles. The first kappa shape index (κ1) is 16.7.